The summed E-state index contributed by atoms with van der Waals surface area (Å²) in [7, 11) is 10.00. The average molecular weight is 1250 g/mol. The molecule has 0 saturated carbocycles. The Morgan fingerprint density at radius 2 is 1.61 bits per heavy atom. The van der Waals surface area contributed by atoms with Gasteiger partial charge in [-0.3, -0.25) is 14.4 Å². The maximum atomic E-state index is 14.9. The highest BCUT2D eigenvalue weighted by Gasteiger charge is 2.54. The number of hydroxylamine groups is 1. The van der Waals surface area contributed by atoms with Gasteiger partial charge in [0.05, 0.1) is 87.0 Å². The highest BCUT2D eigenvalue weighted by molar-refractivity contribution is 9.09. The summed E-state index contributed by atoms with van der Waals surface area (Å²) in [5.41, 5.74) is 0.432. The standard InChI is InChI=1S/C57H77N3O20S4/c1-28(2)58-37-27-72-45(25-41(37)69-8)78-51-50(64)48(60-80-47-24-38(61)52(81-11)31(5)74-47)29(3)75-56(51)77-40-17-15-13-14-16-19-57(67)35(18-20-83-84-82-12)33(40)21-39(62)53(57)79-46-26-44(49(63)30(4)73-46)76-55(66)34-22-42(70-9)43(71-10)23-36(34)59-54(65)32(6)68-7/h13-14,18,21-23,28-31,37-38,40-41,44-53,56,58,60-61,63-64,67H,6,20,24-27H2,1-5,7-12H3,(H,59,65)/b14-13-,35-18+/t29-,30+,31-,37+,38+,40+,41+,44+,45+,46?,47?,48-,49?,50+,51-,52-,53-,56+,57-/m1/s1. The number of thioether (sulfide) groups is 1. The molecular weight excluding hydrogens is 1170 g/mol. The molecule has 1 aromatic carbocycles. The molecule has 4 saturated heterocycles. The summed E-state index contributed by atoms with van der Waals surface area (Å²) in [4.78, 5) is 47.9. The minimum atomic E-state index is -2.44. The Hall–Kier alpha value is -3.89. The molecule has 19 atom stereocenters. The number of fused-ring (bicyclic) bond motifs is 2. The molecule has 7 N–H and O–H groups in total. The van der Waals surface area contributed by atoms with Crippen LogP contribution in [-0.2, 0) is 61.8 Å². The zero-order valence-electron chi connectivity index (χ0n) is 48.6. The van der Waals surface area contributed by atoms with E-state index in [4.69, 9.17) is 61.7 Å². The predicted molar refractivity (Wildman–Crippen MR) is 315 cm³/mol. The zero-order chi connectivity index (χ0) is 61.0. The highest BCUT2D eigenvalue weighted by Crippen LogP contribution is 2.42. The van der Waals surface area contributed by atoms with Crippen molar-refractivity contribution in [3.05, 3.63) is 65.5 Å². The number of carbonyl (C=O) groups is 3. The maximum Gasteiger partial charge on any atom is 0.340 e. The monoisotopic (exact) mass is 1250 g/mol. The summed E-state index contributed by atoms with van der Waals surface area (Å²) < 4.78 is 72.6. The summed E-state index contributed by atoms with van der Waals surface area (Å²) >= 11 is 1.49. The van der Waals surface area contributed by atoms with Crippen molar-refractivity contribution in [1.82, 2.24) is 10.8 Å². The van der Waals surface area contributed by atoms with Crippen molar-refractivity contribution in [2.45, 2.75) is 175 Å². The fraction of sp³-hybridized carbons (Fsp3) is 0.632. The molecular formula is C57H77N3O20S4. The number of anilines is 1. The van der Waals surface area contributed by atoms with Gasteiger partial charge in [0.2, 0.25) is 0 Å². The smallest absolute Gasteiger partial charge is 0.340 e. The SMILES string of the molecule is C=C(OC)C(=O)Nc1cc(OC)c(OC)cc1C(=O)O[C@H]1CC(O[C@@H]2C(=O)C=C3/C(=C\CSSSC)[C@]2(O)C#C/C=C\C#C[C@@H]3O[C@@H]2O[C@H](C)[C@@H](NOC3C[C@H](O)[C@H](SC)[C@@H](C)O3)[C@H](O)[C@H]2O[C@H]2C[C@H](OC)[C@@H](NC(C)C)CO2)O[C@@H](C)C1O. The number of allylic oxidation sites excluding steroid dienone is 2. The lowest BCUT2D eigenvalue weighted by atomic mass is 9.75. The number of hydrogen-bond donors (Lipinski definition) is 7. The van der Waals surface area contributed by atoms with Gasteiger partial charge >= 0.3 is 5.97 Å². The average Bonchev–Trinajstić information content (AvgIpc) is 1.27. The van der Waals surface area contributed by atoms with Crippen molar-refractivity contribution in [3.8, 4) is 35.2 Å². The molecule has 464 valence electrons. The van der Waals surface area contributed by atoms with Gasteiger partial charge < -0.3 is 87.9 Å². The van der Waals surface area contributed by atoms with Gasteiger partial charge in [-0.05, 0) is 61.3 Å². The van der Waals surface area contributed by atoms with Gasteiger partial charge in [-0.1, -0.05) is 71.8 Å². The highest BCUT2D eigenvalue weighted by atomic mass is 33.5. The lowest BCUT2D eigenvalue weighted by molar-refractivity contribution is -0.336. The minimum absolute atomic E-state index is 0.0577. The number of carbonyl (C=O) groups excluding carboxylic acids is 3. The fourth-order valence-electron chi connectivity index (χ4n) is 10.4. The lowest BCUT2D eigenvalue weighted by Crippen LogP contribution is -2.65. The fourth-order valence-corrected chi connectivity index (χ4v) is 13.7. The molecule has 4 aliphatic heterocycles. The Balaban J connectivity index is 1.19. The Labute approximate surface area is 505 Å². The van der Waals surface area contributed by atoms with Crippen LogP contribution in [0.15, 0.2) is 59.9 Å². The third-order valence-corrected chi connectivity index (χ3v) is 19.6. The van der Waals surface area contributed by atoms with Crippen molar-refractivity contribution in [1.29, 1.82) is 0 Å². The second kappa shape index (κ2) is 31.3. The van der Waals surface area contributed by atoms with Gasteiger partial charge in [-0.15, -0.1) is 0 Å². The lowest BCUT2D eigenvalue weighted by Gasteiger charge is -2.47. The molecule has 4 fully saturated rings. The molecule has 27 heteroatoms. The summed E-state index contributed by atoms with van der Waals surface area (Å²) in [6.45, 7) is 12.9. The summed E-state index contributed by atoms with van der Waals surface area (Å²) in [6.07, 6.45) is -7.09. The third-order valence-electron chi connectivity index (χ3n) is 14.7. The molecule has 23 nitrogen and oxygen atoms in total. The normalized spacial score (nSPS) is 35.8. The van der Waals surface area contributed by atoms with Crippen LogP contribution in [0.25, 0.3) is 0 Å². The number of aliphatic hydroxyl groups is 4. The van der Waals surface area contributed by atoms with Crippen molar-refractivity contribution < 1.29 is 96.5 Å². The van der Waals surface area contributed by atoms with E-state index in [0.717, 1.165) is 0 Å². The molecule has 2 bridgehead atoms. The summed E-state index contributed by atoms with van der Waals surface area (Å²) in [5.74, 6) is 9.43. The molecule has 2 aliphatic carbocycles. The van der Waals surface area contributed by atoms with Crippen LogP contribution in [0.2, 0.25) is 0 Å². The molecule has 0 spiro atoms. The Kier molecular flexibility index (Phi) is 25.2. The van der Waals surface area contributed by atoms with Gasteiger partial charge in [0.25, 0.3) is 5.91 Å². The van der Waals surface area contributed by atoms with Crippen LogP contribution >= 0.6 is 43.2 Å². The second-order valence-corrected chi connectivity index (χ2v) is 26.0. The number of hydrogen-bond acceptors (Lipinski definition) is 26. The largest absolute Gasteiger partial charge is 0.493 e. The molecule has 3 unspecified atom stereocenters. The van der Waals surface area contributed by atoms with Crippen molar-refractivity contribution in [2.75, 3.05) is 58.6 Å². The first kappa shape index (κ1) is 67.6. The molecule has 4 heterocycles. The molecule has 84 heavy (non-hydrogen) atoms. The van der Waals surface area contributed by atoms with Crippen LogP contribution in [0.5, 0.6) is 11.5 Å². The van der Waals surface area contributed by atoms with Gasteiger partial charge in [-0.2, -0.15) is 17.2 Å². The van der Waals surface area contributed by atoms with Crippen LogP contribution in [0, 0.1) is 23.7 Å². The summed E-state index contributed by atoms with van der Waals surface area (Å²) in [5, 5.41) is 53.8. The minimum Gasteiger partial charge on any atom is -0.493 e. The number of benzene rings is 1. The van der Waals surface area contributed by atoms with E-state index in [1.807, 2.05) is 33.3 Å². The molecule has 1 amide bonds. The van der Waals surface area contributed by atoms with Gasteiger partial charge in [0, 0.05) is 61.4 Å². The number of aliphatic hydroxyl groups excluding tert-OH is 3. The Bertz CT molecular complexity index is 2690. The van der Waals surface area contributed by atoms with E-state index in [2.05, 4.69) is 46.4 Å². The second-order valence-electron chi connectivity index (χ2n) is 20.6. The summed E-state index contributed by atoms with van der Waals surface area (Å²) in [6, 6.07) is 1.62. The molecule has 0 radical (unpaired) electrons. The molecule has 0 aromatic heterocycles. The van der Waals surface area contributed by atoms with Crippen LogP contribution < -0.4 is 25.6 Å². The van der Waals surface area contributed by atoms with Gasteiger partial charge in [-0.25, -0.2) is 4.79 Å². The van der Waals surface area contributed by atoms with Crippen LogP contribution in [0.4, 0.5) is 5.69 Å². The van der Waals surface area contributed by atoms with Crippen LogP contribution in [0.3, 0.4) is 0 Å². The van der Waals surface area contributed by atoms with E-state index in [1.165, 1.54) is 102 Å². The number of nitrogens with one attached hydrogen (secondary N) is 3. The number of ketones is 1. The molecule has 6 aliphatic rings. The van der Waals surface area contributed by atoms with Crippen LogP contribution in [0.1, 0.15) is 64.2 Å². The van der Waals surface area contributed by atoms with E-state index in [9.17, 15) is 34.8 Å². The van der Waals surface area contributed by atoms with Crippen molar-refractivity contribution in [3.63, 3.8) is 0 Å². The first-order chi connectivity index (χ1) is 40.2. The number of esters is 1. The molecule has 7 rings (SSSR count). The van der Waals surface area contributed by atoms with E-state index in [1.54, 1.807) is 20.1 Å². The number of amides is 1. The van der Waals surface area contributed by atoms with Crippen LogP contribution in [-0.4, -0.2) is 213 Å². The predicted octanol–water partition coefficient (Wildman–Crippen LogP) is 3.73. The van der Waals surface area contributed by atoms with E-state index >= 15 is 0 Å². The molecule has 1 aromatic rings. The van der Waals surface area contributed by atoms with E-state index < -0.39 is 109 Å². The maximum absolute atomic E-state index is 14.9. The third kappa shape index (κ3) is 16.4. The first-order valence-corrected chi connectivity index (χ1v) is 32.6. The van der Waals surface area contributed by atoms with E-state index in [-0.39, 0.29) is 101 Å². The Morgan fingerprint density at radius 3 is 2.29 bits per heavy atom. The topological polar surface area (TPSA) is 288 Å². The van der Waals surface area contributed by atoms with E-state index in [0.29, 0.717) is 0 Å². The number of ether oxygens (including phenoxy) is 12. The van der Waals surface area contributed by atoms with Gasteiger partial charge in [0.15, 0.2) is 59.9 Å². The number of rotatable bonds is 24. The first-order valence-electron chi connectivity index (χ1n) is 27.2. The van der Waals surface area contributed by atoms with Crippen molar-refractivity contribution in [2.24, 2.45) is 0 Å². The van der Waals surface area contributed by atoms with Crippen molar-refractivity contribution >= 4 is 66.5 Å². The zero-order valence-corrected chi connectivity index (χ0v) is 51.9. The number of methoxy groups -OCH3 is 4. The quantitative estimate of drug-likeness (QED) is 0.0148. The van der Waals surface area contributed by atoms with Gasteiger partial charge in [0.1, 0.15) is 30.5 Å². The Morgan fingerprint density at radius 1 is 0.893 bits per heavy atom.